The standard InChI is InChI=1S/C17H26FN3/c1-2-17(14-3-5-15(18)6-4-14)21-10-7-16(13-21)20-11-8-19-9-12-20/h3-6,16-17,19H,2,7-13H2,1H3. The van der Waals surface area contributed by atoms with Crippen LogP contribution < -0.4 is 5.32 Å². The van der Waals surface area contributed by atoms with Gasteiger partial charge in [0.1, 0.15) is 5.82 Å². The molecule has 21 heavy (non-hydrogen) atoms. The van der Waals surface area contributed by atoms with Crippen LogP contribution in [-0.2, 0) is 0 Å². The summed E-state index contributed by atoms with van der Waals surface area (Å²) in [5.74, 6) is -0.145. The first-order valence-corrected chi connectivity index (χ1v) is 8.22. The van der Waals surface area contributed by atoms with Crippen molar-refractivity contribution in [2.45, 2.75) is 31.8 Å². The maximum atomic E-state index is 13.1. The summed E-state index contributed by atoms with van der Waals surface area (Å²) < 4.78 is 13.1. The van der Waals surface area contributed by atoms with Gasteiger partial charge in [0.2, 0.25) is 0 Å². The molecule has 1 aromatic carbocycles. The second-order valence-electron chi connectivity index (χ2n) is 6.20. The van der Waals surface area contributed by atoms with Crippen LogP contribution in [0.15, 0.2) is 24.3 Å². The number of hydrogen-bond donors (Lipinski definition) is 1. The lowest BCUT2D eigenvalue weighted by Crippen LogP contribution is -2.49. The molecule has 0 aliphatic carbocycles. The zero-order chi connectivity index (χ0) is 14.7. The van der Waals surface area contributed by atoms with E-state index in [2.05, 4.69) is 22.0 Å². The van der Waals surface area contributed by atoms with E-state index in [-0.39, 0.29) is 5.82 Å². The highest BCUT2D eigenvalue weighted by Crippen LogP contribution is 2.29. The van der Waals surface area contributed by atoms with E-state index in [1.807, 2.05) is 12.1 Å². The highest BCUT2D eigenvalue weighted by atomic mass is 19.1. The van der Waals surface area contributed by atoms with E-state index < -0.39 is 0 Å². The molecule has 2 heterocycles. The lowest BCUT2D eigenvalue weighted by molar-refractivity contribution is 0.158. The van der Waals surface area contributed by atoms with E-state index in [9.17, 15) is 4.39 Å². The van der Waals surface area contributed by atoms with E-state index >= 15 is 0 Å². The van der Waals surface area contributed by atoms with E-state index in [1.54, 1.807) is 12.1 Å². The Labute approximate surface area is 127 Å². The monoisotopic (exact) mass is 291 g/mol. The van der Waals surface area contributed by atoms with Crippen molar-refractivity contribution in [2.24, 2.45) is 0 Å². The SMILES string of the molecule is CCC(c1ccc(F)cc1)N1CCC(N2CCNCC2)C1. The maximum absolute atomic E-state index is 13.1. The van der Waals surface area contributed by atoms with Crippen LogP contribution in [0.5, 0.6) is 0 Å². The summed E-state index contributed by atoms with van der Waals surface area (Å²) in [4.78, 5) is 5.22. The largest absolute Gasteiger partial charge is 0.314 e. The van der Waals surface area contributed by atoms with Crippen molar-refractivity contribution >= 4 is 0 Å². The highest BCUT2D eigenvalue weighted by Gasteiger charge is 2.31. The predicted octanol–water partition coefficient (Wildman–Crippen LogP) is 2.26. The fraction of sp³-hybridized carbons (Fsp3) is 0.647. The summed E-state index contributed by atoms with van der Waals surface area (Å²) in [5, 5.41) is 3.42. The van der Waals surface area contributed by atoms with Crippen molar-refractivity contribution in [1.82, 2.24) is 15.1 Å². The summed E-state index contributed by atoms with van der Waals surface area (Å²) in [6, 6.07) is 8.19. The second kappa shape index (κ2) is 6.86. The Balaban J connectivity index is 1.64. The molecule has 0 aromatic heterocycles. The zero-order valence-electron chi connectivity index (χ0n) is 12.9. The summed E-state index contributed by atoms with van der Waals surface area (Å²) >= 11 is 0. The van der Waals surface area contributed by atoms with Gasteiger partial charge in [-0.05, 0) is 30.5 Å². The molecule has 2 saturated heterocycles. The topological polar surface area (TPSA) is 18.5 Å². The summed E-state index contributed by atoms with van der Waals surface area (Å²) in [7, 11) is 0. The van der Waals surface area contributed by atoms with Crippen LogP contribution in [0.4, 0.5) is 4.39 Å². The minimum absolute atomic E-state index is 0.145. The van der Waals surface area contributed by atoms with Crippen LogP contribution in [-0.4, -0.2) is 55.1 Å². The van der Waals surface area contributed by atoms with Gasteiger partial charge in [0, 0.05) is 51.4 Å². The van der Waals surface area contributed by atoms with Crippen LogP contribution in [0, 0.1) is 5.82 Å². The first-order valence-electron chi connectivity index (χ1n) is 8.22. The molecule has 116 valence electrons. The van der Waals surface area contributed by atoms with Crippen molar-refractivity contribution in [3.63, 3.8) is 0 Å². The van der Waals surface area contributed by atoms with E-state index in [4.69, 9.17) is 0 Å². The Hall–Kier alpha value is -0.970. The molecule has 2 aliphatic heterocycles. The lowest BCUT2D eigenvalue weighted by Gasteiger charge is -2.34. The number of benzene rings is 1. The molecule has 0 spiro atoms. The number of rotatable bonds is 4. The molecule has 1 N–H and O–H groups in total. The van der Waals surface area contributed by atoms with Gasteiger partial charge in [-0.15, -0.1) is 0 Å². The van der Waals surface area contributed by atoms with Gasteiger partial charge >= 0.3 is 0 Å². The third-order valence-corrected chi connectivity index (χ3v) is 4.95. The molecule has 0 radical (unpaired) electrons. The van der Waals surface area contributed by atoms with E-state index in [1.165, 1.54) is 25.1 Å². The van der Waals surface area contributed by atoms with Crippen LogP contribution in [0.1, 0.15) is 31.4 Å². The van der Waals surface area contributed by atoms with Gasteiger partial charge in [0.25, 0.3) is 0 Å². The molecule has 1 aromatic rings. The average molecular weight is 291 g/mol. The first-order chi connectivity index (χ1) is 10.3. The molecule has 3 rings (SSSR count). The Morgan fingerprint density at radius 1 is 1.19 bits per heavy atom. The van der Waals surface area contributed by atoms with Crippen molar-refractivity contribution in [2.75, 3.05) is 39.3 Å². The molecule has 0 saturated carbocycles. The van der Waals surface area contributed by atoms with Crippen molar-refractivity contribution in [1.29, 1.82) is 0 Å². The van der Waals surface area contributed by atoms with Gasteiger partial charge in [-0.1, -0.05) is 19.1 Å². The van der Waals surface area contributed by atoms with E-state index in [0.29, 0.717) is 12.1 Å². The Morgan fingerprint density at radius 3 is 2.57 bits per heavy atom. The van der Waals surface area contributed by atoms with Crippen LogP contribution in [0.2, 0.25) is 0 Å². The first kappa shape index (κ1) is 14.9. The number of hydrogen-bond acceptors (Lipinski definition) is 3. The van der Waals surface area contributed by atoms with Crippen molar-refractivity contribution in [3.8, 4) is 0 Å². The predicted molar refractivity (Wildman–Crippen MR) is 83.9 cm³/mol. The molecular weight excluding hydrogens is 265 g/mol. The highest BCUT2D eigenvalue weighted by molar-refractivity contribution is 5.20. The average Bonchev–Trinajstić information content (AvgIpc) is 3.00. The van der Waals surface area contributed by atoms with Gasteiger partial charge in [-0.25, -0.2) is 4.39 Å². The van der Waals surface area contributed by atoms with Crippen LogP contribution in [0.3, 0.4) is 0 Å². The normalized spacial score (nSPS) is 26.1. The van der Waals surface area contributed by atoms with Gasteiger partial charge in [-0.3, -0.25) is 9.80 Å². The fourth-order valence-electron chi connectivity index (χ4n) is 3.79. The third-order valence-electron chi connectivity index (χ3n) is 4.95. The second-order valence-corrected chi connectivity index (χ2v) is 6.20. The minimum atomic E-state index is -0.145. The molecule has 2 aliphatic rings. The Morgan fingerprint density at radius 2 is 1.90 bits per heavy atom. The molecule has 2 atom stereocenters. The maximum Gasteiger partial charge on any atom is 0.123 e. The Kier molecular flexibility index (Phi) is 4.88. The van der Waals surface area contributed by atoms with Gasteiger partial charge < -0.3 is 5.32 Å². The third kappa shape index (κ3) is 3.44. The molecule has 2 unspecified atom stereocenters. The van der Waals surface area contributed by atoms with Crippen LogP contribution >= 0.6 is 0 Å². The number of piperazine rings is 1. The molecular formula is C17H26FN3. The van der Waals surface area contributed by atoms with Crippen molar-refractivity contribution < 1.29 is 4.39 Å². The summed E-state index contributed by atoms with van der Waals surface area (Å²) in [5.41, 5.74) is 1.25. The Bertz CT molecular complexity index is 442. The molecule has 0 bridgehead atoms. The summed E-state index contributed by atoms with van der Waals surface area (Å²) in [6.45, 7) is 9.11. The molecule has 0 amide bonds. The lowest BCUT2D eigenvalue weighted by atomic mass is 10.0. The smallest absolute Gasteiger partial charge is 0.123 e. The van der Waals surface area contributed by atoms with Gasteiger partial charge in [-0.2, -0.15) is 0 Å². The summed E-state index contributed by atoms with van der Waals surface area (Å²) in [6.07, 6.45) is 2.34. The number of nitrogens with one attached hydrogen (secondary N) is 1. The van der Waals surface area contributed by atoms with Gasteiger partial charge in [0.05, 0.1) is 0 Å². The molecule has 3 nitrogen and oxygen atoms in total. The van der Waals surface area contributed by atoms with Gasteiger partial charge in [0.15, 0.2) is 0 Å². The zero-order valence-corrected chi connectivity index (χ0v) is 12.9. The van der Waals surface area contributed by atoms with Crippen molar-refractivity contribution in [3.05, 3.63) is 35.6 Å². The quantitative estimate of drug-likeness (QED) is 0.918. The van der Waals surface area contributed by atoms with E-state index in [0.717, 1.165) is 32.6 Å². The minimum Gasteiger partial charge on any atom is -0.314 e. The number of nitrogens with zero attached hydrogens (tertiary/aromatic N) is 2. The molecule has 2 fully saturated rings. The molecule has 4 heteroatoms. The fourth-order valence-corrected chi connectivity index (χ4v) is 3.79. The number of likely N-dealkylation sites (tertiary alicyclic amines) is 1. The van der Waals surface area contributed by atoms with Crippen LogP contribution in [0.25, 0.3) is 0 Å². The number of halogens is 1.